The molecule has 0 saturated heterocycles. The molecule has 9 nitrogen and oxygen atoms in total. The molecule has 5 N–H and O–H groups in total. The van der Waals surface area contributed by atoms with E-state index in [1.807, 2.05) is 6.92 Å². The zero-order valence-electron chi connectivity index (χ0n) is 15.2. The Morgan fingerprint density at radius 3 is 2.50 bits per heavy atom. The average Bonchev–Trinajstić information content (AvgIpc) is 2.59. The number of primary amides is 1. The number of unbranched alkanes of at least 4 members (excludes halogenated alkanes) is 1. The summed E-state index contributed by atoms with van der Waals surface area (Å²) < 4.78 is 31.0. The number of amides is 3. The Morgan fingerprint density at radius 2 is 1.96 bits per heavy atom. The molecule has 1 atom stereocenters. The van der Waals surface area contributed by atoms with Crippen LogP contribution >= 0.6 is 0 Å². The molecule has 146 valence electrons. The van der Waals surface area contributed by atoms with E-state index in [4.69, 9.17) is 10.5 Å². The first-order chi connectivity index (χ1) is 12.2. The molecule has 10 heteroatoms. The van der Waals surface area contributed by atoms with E-state index in [2.05, 4.69) is 15.4 Å². The van der Waals surface area contributed by atoms with Crippen LogP contribution in [-0.4, -0.2) is 39.3 Å². The summed E-state index contributed by atoms with van der Waals surface area (Å²) in [6, 6.07) is 2.99. The van der Waals surface area contributed by atoms with Crippen LogP contribution in [0, 0.1) is 0 Å². The Kier molecular flexibility index (Phi) is 8.17. The largest absolute Gasteiger partial charge is 0.494 e. The van der Waals surface area contributed by atoms with Crippen molar-refractivity contribution in [1.29, 1.82) is 0 Å². The van der Waals surface area contributed by atoms with Crippen LogP contribution in [-0.2, 0) is 14.8 Å². The van der Waals surface area contributed by atoms with Gasteiger partial charge in [-0.25, -0.2) is 13.2 Å². The molecule has 0 spiro atoms. The summed E-state index contributed by atoms with van der Waals surface area (Å²) in [5.41, 5.74) is 5.79. The van der Waals surface area contributed by atoms with Gasteiger partial charge in [-0.1, -0.05) is 19.8 Å². The van der Waals surface area contributed by atoms with Crippen LogP contribution in [0.2, 0.25) is 0 Å². The van der Waals surface area contributed by atoms with Gasteiger partial charge in [0.2, 0.25) is 15.9 Å². The number of nitrogens with one attached hydrogen (secondary N) is 3. The Bertz CT molecular complexity index is 736. The van der Waals surface area contributed by atoms with Crippen molar-refractivity contribution in [2.45, 2.75) is 39.2 Å². The molecule has 0 bridgehead atoms. The molecule has 0 aromatic heterocycles. The third kappa shape index (κ3) is 6.79. The van der Waals surface area contributed by atoms with Crippen molar-refractivity contribution in [2.24, 2.45) is 5.73 Å². The molecule has 1 rings (SSSR count). The number of anilines is 2. The minimum absolute atomic E-state index is 0.0768. The van der Waals surface area contributed by atoms with Crippen molar-refractivity contribution in [3.63, 3.8) is 0 Å². The Morgan fingerprint density at radius 1 is 1.27 bits per heavy atom. The summed E-state index contributed by atoms with van der Waals surface area (Å²) in [7, 11) is -2.06. The highest BCUT2D eigenvalue weighted by atomic mass is 32.2. The molecule has 0 unspecified atom stereocenters. The number of carbonyl (C=O) groups is 2. The lowest BCUT2D eigenvalue weighted by molar-refractivity contribution is -0.118. The molecule has 1 aromatic carbocycles. The second-order valence-electron chi connectivity index (χ2n) is 5.61. The molecule has 0 aliphatic heterocycles. The van der Waals surface area contributed by atoms with E-state index in [0.717, 1.165) is 12.8 Å². The van der Waals surface area contributed by atoms with E-state index < -0.39 is 28.0 Å². The highest BCUT2D eigenvalue weighted by Gasteiger charge is 2.20. The maximum atomic E-state index is 12.4. The number of rotatable bonds is 10. The van der Waals surface area contributed by atoms with Gasteiger partial charge in [0.15, 0.2) is 0 Å². The zero-order chi connectivity index (χ0) is 19.7. The van der Waals surface area contributed by atoms with Crippen molar-refractivity contribution in [3.8, 4) is 5.75 Å². The molecule has 26 heavy (non-hydrogen) atoms. The second kappa shape index (κ2) is 9.85. The number of benzene rings is 1. The predicted molar refractivity (Wildman–Crippen MR) is 101 cm³/mol. The minimum atomic E-state index is -3.46. The van der Waals surface area contributed by atoms with Gasteiger partial charge in [-0.3, -0.25) is 9.52 Å². The zero-order valence-corrected chi connectivity index (χ0v) is 16.0. The van der Waals surface area contributed by atoms with E-state index in [1.54, 1.807) is 0 Å². The smallest absolute Gasteiger partial charge is 0.312 e. The van der Waals surface area contributed by atoms with E-state index in [9.17, 15) is 18.0 Å². The normalized spacial score (nSPS) is 12.1. The van der Waals surface area contributed by atoms with Crippen LogP contribution in [0.5, 0.6) is 5.75 Å². The lowest BCUT2D eigenvalue weighted by atomic mass is 10.1. The van der Waals surface area contributed by atoms with Crippen molar-refractivity contribution < 1.29 is 22.7 Å². The van der Waals surface area contributed by atoms with Gasteiger partial charge in [0.1, 0.15) is 11.8 Å². The number of hydrogen-bond donors (Lipinski definition) is 4. The summed E-state index contributed by atoms with van der Waals surface area (Å²) in [6.07, 6.45) is 2.07. The molecule has 0 aliphatic rings. The fourth-order valence-electron chi connectivity index (χ4n) is 2.17. The first-order valence-electron chi connectivity index (χ1n) is 8.27. The van der Waals surface area contributed by atoms with E-state index in [0.29, 0.717) is 12.1 Å². The van der Waals surface area contributed by atoms with E-state index in [-0.39, 0.29) is 17.2 Å². The average molecular weight is 386 g/mol. The van der Waals surface area contributed by atoms with Crippen LogP contribution in [0.3, 0.4) is 0 Å². The number of sulfonamides is 1. The van der Waals surface area contributed by atoms with Gasteiger partial charge in [0.05, 0.1) is 18.6 Å². The van der Waals surface area contributed by atoms with Crippen molar-refractivity contribution >= 4 is 33.3 Å². The van der Waals surface area contributed by atoms with E-state index in [1.165, 1.54) is 32.2 Å². The van der Waals surface area contributed by atoms with Crippen LogP contribution in [0.4, 0.5) is 16.2 Å². The van der Waals surface area contributed by atoms with Crippen LogP contribution in [0.1, 0.15) is 33.1 Å². The number of ether oxygens (including phenoxy) is 1. The maximum Gasteiger partial charge on any atom is 0.312 e. The number of methoxy groups -OCH3 is 1. The molecular weight excluding hydrogens is 360 g/mol. The van der Waals surface area contributed by atoms with Gasteiger partial charge in [-0.05, 0) is 25.5 Å². The van der Waals surface area contributed by atoms with Gasteiger partial charge < -0.3 is 21.1 Å². The highest BCUT2D eigenvalue weighted by Crippen LogP contribution is 2.29. The van der Waals surface area contributed by atoms with Crippen molar-refractivity contribution in [1.82, 2.24) is 5.32 Å². The summed E-state index contributed by atoms with van der Waals surface area (Å²) >= 11 is 0. The molecule has 0 fully saturated rings. The number of urea groups is 1. The highest BCUT2D eigenvalue weighted by molar-refractivity contribution is 7.92. The Balaban J connectivity index is 2.94. The molecule has 0 aliphatic carbocycles. The van der Waals surface area contributed by atoms with Gasteiger partial charge in [-0.15, -0.1) is 0 Å². The minimum Gasteiger partial charge on any atom is -0.494 e. The van der Waals surface area contributed by atoms with Crippen LogP contribution in [0.15, 0.2) is 18.2 Å². The number of hydrogen-bond acceptors (Lipinski definition) is 5. The summed E-state index contributed by atoms with van der Waals surface area (Å²) in [5, 5.41) is 5.09. The lowest BCUT2D eigenvalue weighted by Gasteiger charge is -2.18. The van der Waals surface area contributed by atoms with Crippen molar-refractivity contribution in [3.05, 3.63) is 18.2 Å². The third-order valence-corrected chi connectivity index (χ3v) is 4.88. The molecule has 0 heterocycles. The molecule has 0 saturated carbocycles. The second-order valence-corrected chi connectivity index (χ2v) is 7.62. The van der Waals surface area contributed by atoms with Gasteiger partial charge in [0.25, 0.3) is 0 Å². The van der Waals surface area contributed by atoms with Gasteiger partial charge in [0, 0.05) is 11.8 Å². The third-order valence-electron chi connectivity index (χ3n) is 3.59. The number of carbonyl (C=O) groups excluding carboxylic acids is 2. The monoisotopic (exact) mass is 386 g/mol. The lowest BCUT2D eigenvalue weighted by Crippen LogP contribution is -2.46. The van der Waals surface area contributed by atoms with Crippen LogP contribution in [0.25, 0.3) is 0 Å². The SMILES string of the molecule is CCCC[C@H](NC(N)=O)C(=O)Nc1ccc(NS(=O)(=O)CC)c(OC)c1. The summed E-state index contributed by atoms with van der Waals surface area (Å²) in [6.45, 7) is 3.49. The van der Waals surface area contributed by atoms with Crippen molar-refractivity contribution in [2.75, 3.05) is 22.9 Å². The van der Waals surface area contributed by atoms with Gasteiger partial charge >= 0.3 is 6.03 Å². The van der Waals surface area contributed by atoms with E-state index >= 15 is 0 Å². The Labute approximate surface area is 153 Å². The molecule has 3 amide bonds. The fourth-order valence-corrected chi connectivity index (χ4v) is 2.82. The fraction of sp³-hybridized carbons (Fsp3) is 0.500. The molecule has 1 aromatic rings. The Hall–Kier alpha value is -2.49. The molecular formula is C16H26N4O5S. The standard InChI is InChI=1S/C16H26N4O5S/c1-4-6-7-13(19-16(17)22)15(21)18-11-8-9-12(14(10-11)25-3)20-26(23,24)5-2/h8-10,13,20H,4-7H2,1-3H3,(H,18,21)(H3,17,19,22)/t13-/m0/s1. The first-order valence-corrected chi connectivity index (χ1v) is 9.93. The topological polar surface area (TPSA) is 140 Å². The maximum absolute atomic E-state index is 12.4. The number of nitrogens with two attached hydrogens (primary N) is 1. The molecule has 0 radical (unpaired) electrons. The summed E-state index contributed by atoms with van der Waals surface area (Å²) in [4.78, 5) is 23.5. The first kappa shape index (κ1) is 21.6. The quantitative estimate of drug-likeness (QED) is 0.484. The van der Waals surface area contributed by atoms with Crippen LogP contribution < -0.4 is 25.8 Å². The summed E-state index contributed by atoms with van der Waals surface area (Å²) in [5.74, 6) is -0.235. The van der Waals surface area contributed by atoms with Gasteiger partial charge in [-0.2, -0.15) is 0 Å². The predicted octanol–water partition coefficient (Wildman–Crippen LogP) is 1.62.